The van der Waals surface area contributed by atoms with Gasteiger partial charge in [0.15, 0.2) is 0 Å². The Labute approximate surface area is 140 Å². The third-order valence-electron chi connectivity index (χ3n) is 3.18. The number of benzene rings is 2. The zero-order valence-electron chi connectivity index (χ0n) is 13.6. The Morgan fingerprint density at radius 2 is 1.83 bits per heavy atom. The predicted octanol–water partition coefficient (Wildman–Crippen LogP) is 3.77. The van der Waals surface area contributed by atoms with Crippen molar-refractivity contribution in [3.8, 4) is 17.2 Å². The molecule has 5 nitrogen and oxygen atoms in total. The van der Waals surface area contributed by atoms with Crippen molar-refractivity contribution < 1.29 is 14.3 Å². The highest BCUT2D eigenvalue weighted by Gasteiger charge is 2.10. The molecule has 0 spiro atoms. The molecular weight excluding hydrogens is 304 g/mol. The maximum absolute atomic E-state index is 12.0. The van der Waals surface area contributed by atoms with Gasteiger partial charge >= 0.3 is 5.97 Å². The van der Waals surface area contributed by atoms with Gasteiger partial charge in [-0.05, 0) is 49.2 Å². The first kappa shape index (κ1) is 17.2. The molecule has 2 aromatic carbocycles. The predicted molar refractivity (Wildman–Crippen MR) is 91.3 cm³/mol. The lowest BCUT2D eigenvalue weighted by Gasteiger charge is -2.09. The summed E-state index contributed by atoms with van der Waals surface area (Å²) in [7, 11) is 0. The van der Waals surface area contributed by atoms with Crippen LogP contribution in [0.4, 0.5) is 5.69 Å². The zero-order valence-corrected chi connectivity index (χ0v) is 13.6. The van der Waals surface area contributed by atoms with Crippen LogP contribution in [0.3, 0.4) is 0 Å². The van der Waals surface area contributed by atoms with Gasteiger partial charge in [0, 0.05) is 5.69 Å². The summed E-state index contributed by atoms with van der Waals surface area (Å²) in [4.78, 5) is 23.4. The molecule has 0 fully saturated rings. The van der Waals surface area contributed by atoms with Crippen LogP contribution in [0.1, 0.15) is 30.6 Å². The summed E-state index contributed by atoms with van der Waals surface area (Å²) in [5.74, 6) is -0.698. The summed E-state index contributed by atoms with van der Waals surface area (Å²) in [6, 6.07) is 16.2. The molecule has 0 radical (unpaired) electrons. The molecule has 2 rings (SSSR count). The van der Waals surface area contributed by atoms with Crippen LogP contribution in [0, 0.1) is 11.3 Å². The molecule has 0 aliphatic rings. The number of nitriles is 1. The zero-order chi connectivity index (χ0) is 17.5. The molecule has 0 saturated heterocycles. The summed E-state index contributed by atoms with van der Waals surface area (Å²) in [6.45, 7) is 3.61. The highest BCUT2D eigenvalue weighted by Crippen LogP contribution is 2.23. The number of rotatable bonds is 5. The van der Waals surface area contributed by atoms with Crippen molar-refractivity contribution in [1.82, 2.24) is 0 Å². The smallest absolute Gasteiger partial charge is 0.338 e. The molecule has 0 atom stereocenters. The fourth-order valence-electron chi connectivity index (χ4n) is 2.13. The largest absolute Gasteiger partial charge is 0.459 e. The SMILES string of the molecule is CC(C)OC(=O)c1cccc(-c2ccc(NC(=O)CC#N)cc2)c1. The summed E-state index contributed by atoms with van der Waals surface area (Å²) < 4.78 is 5.20. The lowest BCUT2D eigenvalue weighted by Crippen LogP contribution is -2.11. The van der Waals surface area contributed by atoms with Gasteiger partial charge in [0.05, 0.1) is 17.7 Å². The Balaban J connectivity index is 2.16. The molecule has 5 heteroatoms. The number of amides is 1. The van der Waals surface area contributed by atoms with Crippen molar-refractivity contribution in [3.63, 3.8) is 0 Å². The van der Waals surface area contributed by atoms with Crippen LogP contribution in [-0.2, 0) is 9.53 Å². The molecule has 24 heavy (non-hydrogen) atoms. The minimum absolute atomic E-state index is 0.169. The highest BCUT2D eigenvalue weighted by atomic mass is 16.5. The molecule has 0 heterocycles. The van der Waals surface area contributed by atoms with Crippen LogP contribution in [0.25, 0.3) is 11.1 Å². The van der Waals surface area contributed by atoms with E-state index in [1.165, 1.54) is 0 Å². The quantitative estimate of drug-likeness (QED) is 0.850. The standard InChI is InChI=1S/C19H18N2O3/c1-13(2)24-19(23)16-5-3-4-15(12-16)14-6-8-17(9-7-14)21-18(22)10-11-20/h3-9,12-13H,10H2,1-2H3,(H,21,22). The molecule has 122 valence electrons. The van der Waals surface area contributed by atoms with Crippen molar-refractivity contribution in [2.24, 2.45) is 0 Å². The fraction of sp³-hybridized carbons (Fsp3) is 0.211. The topological polar surface area (TPSA) is 79.2 Å². The van der Waals surface area contributed by atoms with Crippen LogP contribution in [0.5, 0.6) is 0 Å². The average Bonchev–Trinajstić information content (AvgIpc) is 2.55. The van der Waals surface area contributed by atoms with Crippen LogP contribution in [-0.4, -0.2) is 18.0 Å². The van der Waals surface area contributed by atoms with Crippen molar-refractivity contribution in [3.05, 3.63) is 54.1 Å². The first-order chi connectivity index (χ1) is 11.5. The Morgan fingerprint density at radius 3 is 2.46 bits per heavy atom. The van der Waals surface area contributed by atoms with E-state index < -0.39 is 0 Å². The van der Waals surface area contributed by atoms with Crippen LogP contribution < -0.4 is 5.32 Å². The molecule has 0 saturated carbocycles. The number of hydrogen-bond donors (Lipinski definition) is 1. The number of carbonyl (C=O) groups excluding carboxylic acids is 2. The summed E-state index contributed by atoms with van der Waals surface area (Å²) >= 11 is 0. The van der Waals surface area contributed by atoms with Crippen molar-refractivity contribution in [2.45, 2.75) is 26.4 Å². The second-order valence-corrected chi connectivity index (χ2v) is 5.50. The number of anilines is 1. The van der Waals surface area contributed by atoms with E-state index in [0.717, 1.165) is 11.1 Å². The van der Waals surface area contributed by atoms with E-state index in [1.54, 1.807) is 50.2 Å². The lowest BCUT2D eigenvalue weighted by atomic mass is 10.0. The van der Waals surface area contributed by atoms with Gasteiger partial charge in [0.2, 0.25) is 5.91 Å². The van der Waals surface area contributed by atoms with Gasteiger partial charge in [-0.1, -0.05) is 24.3 Å². The van der Waals surface area contributed by atoms with E-state index in [2.05, 4.69) is 5.32 Å². The second kappa shape index (κ2) is 7.93. The molecule has 2 aromatic rings. The van der Waals surface area contributed by atoms with E-state index in [-0.39, 0.29) is 24.4 Å². The Bertz CT molecular complexity index is 774. The molecule has 1 N–H and O–H groups in total. The van der Waals surface area contributed by atoms with Gasteiger partial charge in [-0.25, -0.2) is 4.79 Å². The summed E-state index contributed by atoms with van der Waals surface area (Å²) in [6.07, 6.45) is -0.348. The van der Waals surface area contributed by atoms with Crippen LogP contribution in [0.2, 0.25) is 0 Å². The van der Waals surface area contributed by atoms with E-state index in [9.17, 15) is 9.59 Å². The first-order valence-corrected chi connectivity index (χ1v) is 7.58. The van der Waals surface area contributed by atoms with Gasteiger partial charge in [-0.15, -0.1) is 0 Å². The van der Waals surface area contributed by atoms with E-state index in [4.69, 9.17) is 10.00 Å². The molecule has 0 unspecified atom stereocenters. The minimum Gasteiger partial charge on any atom is -0.459 e. The Morgan fingerprint density at radius 1 is 1.12 bits per heavy atom. The van der Waals surface area contributed by atoms with E-state index in [0.29, 0.717) is 11.3 Å². The number of hydrogen-bond acceptors (Lipinski definition) is 4. The van der Waals surface area contributed by atoms with Gasteiger partial charge in [0.1, 0.15) is 6.42 Å². The second-order valence-electron chi connectivity index (χ2n) is 5.50. The maximum atomic E-state index is 12.0. The van der Waals surface area contributed by atoms with Gasteiger partial charge in [-0.3, -0.25) is 4.79 Å². The van der Waals surface area contributed by atoms with Crippen molar-refractivity contribution in [1.29, 1.82) is 5.26 Å². The third-order valence-corrected chi connectivity index (χ3v) is 3.18. The molecule has 0 aliphatic carbocycles. The third kappa shape index (κ3) is 4.68. The first-order valence-electron chi connectivity index (χ1n) is 7.58. The molecule has 0 aliphatic heterocycles. The normalized spacial score (nSPS) is 10.1. The summed E-state index contributed by atoms with van der Waals surface area (Å²) in [5.41, 5.74) is 2.90. The van der Waals surface area contributed by atoms with Gasteiger partial charge in [0.25, 0.3) is 0 Å². The van der Waals surface area contributed by atoms with Crippen LogP contribution in [0.15, 0.2) is 48.5 Å². The average molecular weight is 322 g/mol. The molecular formula is C19H18N2O3. The number of carbonyl (C=O) groups is 2. The number of nitrogens with zero attached hydrogens (tertiary/aromatic N) is 1. The highest BCUT2D eigenvalue weighted by molar-refractivity contribution is 5.93. The Kier molecular flexibility index (Phi) is 5.69. The Hall–Kier alpha value is -3.13. The van der Waals surface area contributed by atoms with Gasteiger partial charge in [-0.2, -0.15) is 5.26 Å². The number of esters is 1. The maximum Gasteiger partial charge on any atom is 0.338 e. The molecule has 1 amide bonds. The summed E-state index contributed by atoms with van der Waals surface area (Å²) in [5, 5.41) is 11.1. The number of nitrogens with one attached hydrogen (secondary N) is 1. The molecule has 0 aromatic heterocycles. The lowest BCUT2D eigenvalue weighted by molar-refractivity contribution is -0.115. The van der Waals surface area contributed by atoms with E-state index in [1.807, 2.05) is 18.2 Å². The van der Waals surface area contributed by atoms with E-state index >= 15 is 0 Å². The minimum atomic E-state index is -0.354. The number of ether oxygens (including phenoxy) is 1. The van der Waals surface area contributed by atoms with Crippen molar-refractivity contribution >= 4 is 17.6 Å². The monoisotopic (exact) mass is 322 g/mol. The fourth-order valence-corrected chi connectivity index (χ4v) is 2.13. The molecule has 0 bridgehead atoms. The van der Waals surface area contributed by atoms with Gasteiger partial charge < -0.3 is 10.1 Å². The van der Waals surface area contributed by atoms with Crippen LogP contribution >= 0.6 is 0 Å². The van der Waals surface area contributed by atoms with Crippen molar-refractivity contribution in [2.75, 3.05) is 5.32 Å².